The lowest BCUT2D eigenvalue weighted by Crippen LogP contribution is -2.43. The summed E-state index contributed by atoms with van der Waals surface area (Å²) < 4.78 is 11.7. The number of hydrogen-bond acceptors (Lipinski definition) is 4. The van der Waals surface area contributed by atoms with Crippen molar-refractivity contribution in [2.24, 2.45) is 10.9 Å². The van der Waals surface area contributed by atoms with Gasteiger partial charge in [-0.2, -0.15) is 0 Å². The molecule has 2 rings (SSSR count). The Morgan fingerprint density at radius 1 is 1.35 bits per heavy atom. The van der Waals surface area contributed by atoms with Crippen molar-refractivity contribution in [3.05, 3.63) is 11.8 Å². The third-order valence-corrected chi connectivity index (χ3v) is 4.20. The molecule has 0 aliphatic carbocycles. The van der Waals surface area contributed by atoms with E-state index in [4.69, 9.17) is 9.47 Å². The van der Waals surface area contributed by atoms with Gasteiger partial charge in [0.15, 0.2) is 0 Å². The van der Waals surface area contributed by atoms with Gasteiger partial charge in [0.25, 0.3) is 0 Å². The van der Waals surface area contributed by atoms with E-state index in [0.717, 1.165) is 37.3 Å². The predicted octanol–water partition coefficient (Wildman–Crippen LogP) is 3.79. The molecule has 2 aliphatic heterocycles. The fourth-order valence-corrected chi connectivity index (χ4v) is 2.85. The SMILES string of the molecule is CCC1CN=C(C)C=C1OC1CCN(C(=O)OC(C)(C)C)CC1. The average Bonchev–Trinajstić information content (AvgIpc) is 2.46. The topological polar surface area (TPSA) is 51.1 Å². The molecule has 2 aliphatic rings. The molecule has 0 saturated carbocycles. The van der Waals surface area contributed by atoms with Gasteiger partial charge < -0.3 is 14.4 Å². The van der Waals surface area contributed by atoms with Gasteiger partial charge in [0, 0.05) is 44.1 Å². The van der Waals surface area contributed by atoms with Gasteiger partial charge in [0.2, 0.25) is 0 Å². The first kappa shape index (κ1) is 17.8. The molecule has 0 N–H and O–H groups in total. The molecule has 1 atom stereocenters. The third-order valence-electron chi connectivity index (χ3n) is 4.20. The van der Waals surface area contributed by atoms with Crippen molar-refractivity contribution in [3.8, 4) is 0 Å². The second-order valence-electron chi connectivity index (χ2n) is 7.42. The second-order valence-corrected chi connectivity index (χ2v) is 7.42. The molecule has 1 saturated heterocycles. The fraction of sp³-hybridized carbons (Fsp3) is 0.778. The summed E-state index contributed by atoms with van der Waals surface area (Å²) in [6.45, 7) is 12.1. The number of likely N-dealkylation sites (tertiary alicyclic amines) is 1. The molecule has 1 unspecified atom stereocenters. The summed E-state index contributed by atoms with van der Waals surface area (Å²) in [5.74, 6) is 1.46. The van der Waals surface area contributed by atoms with Crippen molar-refractivity contribution in [2.75, 3.05) is 19.6 Å². The van der Waals surface area contributed by atoms with Crippen LogP contribution in [0, 0.1) is 5.92 Å². The summed E-state index contributed by atoms with van der Waals surface area (Å²) in [5.41, 5.74) is 0.596. The number of nitrogens with zero attached hydrogens (tertiary/aromatic N) is 2. The lowest BCUT2D eigenvalue weighted by molar-refractivity contribution is 0.000958. The zero-order chi connectivity index (χ0) is 17.0. The van der Waals surface area contributed by atoms with Crippen LogP contribution in [0.15, 0.2) is 16.8 Å². The number of hydrogen-bond donors (Lipinski definition) is 0. The molecule has 0 radical (unpaired) electrons. The zero-order valence-corrected chi connectivity index (χ0v) is 15.1. The Bertz CT molecular complexity index is 483. The molecule has 0 aromatic rings. The summed E-state index contributed by atoms with van der Waals surface area (Å²) in [4.78, 5) is 18.4. The number of amides is 1. The molecule has 2 heterocycles. The summed E-state index contributed by atoms with van der Waals surface area (Å²) >= 11 is 0. The summed E-state index contributed by atoms with van der Waals surface area (Å²) in [5, 5.41) is 0. The maximum absolute atomic E-state index is 12.1. The van der Waals surface area contributed by atoms with Crippen LogP contribution < -0.4 is 0 Å². The van der Waals surface area contributed by atoms with Crippen molar-refractivity contribution in [3.63, 3.8) is 0 Å². The molecule has 0 aromatic carbocycles. The van der Waals surface area contributed by atoms with Gasteiger partial charge in [-0.25, -0.2) is 4.79 Å². The van der Waals surface area contributed by atoms with Gasteiger partial charge in [-0.05, 0) is 40.2 Å². The number of ether oxygens (including phenoxy) is 2. The van der Waals surface area contributed by atoms with Gasteiger partial charge in [-0.15, -0.1) is 0 Å². The molecule has 1 fully saturated rings. The van der Waals surface area contributed by atoms with Gasteiger partial charge in [0.05, 0.1) is 0 Å². The highest BCUT2D eigenvalue weighted by Crippen LogP contribution is 2.26. The maximum Gasteiger partial charge on any atom is 0.410 e. The summed E-state index contributed by atoms with van der Waals surface area (Å²) in [6.07, 6.45) is 4.77. The number of carbonyl (C=O) groups excluding carboxylic acids is 1. The van der Waals surface area contributed by atoms with E-state index in [1.54, 1.807) is 4.90 Å². The largest absolute Gasteiger partial charge is 0.494 e. The van der Waals surface area contributed by atoms with Crippen LogP contribution in [-0.4, -0.2) is 48.0 Å². The Kier molecular flexibility index (Phi) is 5.71. The molecule has 130 valence electrons. The van der Waals surface area contributed by atoms with E-state index >= 15 is 0 Å². The molecule has 23 heavy (non-hydrogen) atoms. The minimum atomic E-state index is -0.442. The Morgan fingerprint density at radius 3 is 2.57 bits per heavy atom. The molecular formula is C18H30N2O3. The van der Waals surface area contributed by atoms with E-state index in [1.807, 2.05) is 27.7 Å². The van der Waals surface area contributed by atoms with Gasteiger partial charge in [-0.3, -0.25) is 4.99 Å². The van der Waals surface area contributed by atoms with Crippen LogP contribution >= 0.6 is 0 Å². The van der Waals surface area contributed by atoms with Crippen molar-refractivity contribution in [1.82, 2.24) is 4.90 Å². The number of dihydropyridines is 1. The number of allylic oxidation sites excluding steroid dienone is 1. The molecule has 5 heteroatoms. The Morgan fingerprint density at radius 2 is 2.00 bits per heavy atom. The van der Waals surface area contributed by atoms with Crippen molar-refractivity contribution < 1.29 is 14.3 Å². The van der Waals surface area contributed by atoms with Crippen LogP contribution in [0.1, 0.15) is 53.9 Å². The van der Waals surface area contributed by atoms with Crippen LogP contribution in [-0.2, 0) is 9.47 Å². The average molecular weight is 322 g/mol. The fourth-order valence-electron chi connectivity index (χ4n) is 2.85. The van der Waals surface area contributed by atoms with Crippen LogP contribution in [0.4, 0.5) is 4.79 Å². The number of carbonyl (C=O) groups is 1. The van der Waals surface area contributed by atoms with Crippen LogP contribution in [0.25, 0.3) is 0 Å². The highest BCUT2D eigenvalue weighted by molar-refractivity contribution is 5.93. The Balaban J connectivity index is 1.85. The Hall–Kier alpha value is -1.52. The third kappa shape index (κ3) is 5.26. The van der Waals surface area contributed by atoms with Gasteiger partial charge >= 0.3 is 6.09 Å². The standard InChI is InChI=1S/C18H30N2O3/c1-6-14-12-19-13(2)11-16(14)22-15-7-9-20(10-8-15)17(21)23-18(3,4)5/h11,14-15H,6-10,12H2,1-5H3. The van der Waals surface area contributed by atoms with Crippen LogP contribution in [0.5, 0.6) is 0 Å². The molecule has 0 spiro atoms. The molecular weight excluding hydrogens is 292 g/mol. The van der Waals surface area contributed by atoms with E-state index in [2.05, 4.69) is 18.0 Å². The van der Waals surface area contributed by atoms with Crippen molar-refractivity contribution >= 4 is 11.8 Å². The molecule has 5 nitrogen and oxygen atoms in total. The summed E-state index contributed by atoms with van der Waals surface area (Å²) in [6, 6.07) is 0. The van der Waals surface area contributed by atoms with Crippen LogP contribution in [0.3, 0.4) is 0 Å². The van der Waals surface area contributed by atoms with Gasteiger partial charge in [-0.1, -0.05) is 6.92 Å². The molecule has 1 amide bonds. The van der Waals surface area contributed by atoms with E-state index in [0.29, 0.717) is 19.0 Å². The monoisotopic (exact) mass is 322 g/mol. The second kappa shape index (κ2) is 7.37. The van der Waals surface area contributed by atoms with E-state index in [9.17, 15) is 4.79 Å². The Labute approximate surface area is 139 Å². The number of piperidine rings is 1. The van der Waals surface area contributed by atoms with Gasteiger partial charge in [0.1, 0.15) is 17.5 Å². The lowest BCUT2D eigenvalue weighted by Gasteiger charge is -2.35. The highest BCUT2D eigenvalue weighted by Gasteiger charge is 2.29. The van der Waals surface area contributed by atoms with Crippen molar-refractivity contribution in [2.45, 2.75) is 65.6 Å². The van der Waals surface area contributed by atoms with E-state index in [1.165, 1.54) is 0 Å². The molecule has 0 bridgehead atoms. The molecule has 0 aromatic heterocycles. The smallest absolute Gasteiger partial charge is 0.410 e. The minimum Gasteiger partial charge on any atom is -0.494 e. The van der Waals surface area contributed by atoms with E-state index in [-0.39, 0.29) is 12.2 Å². The minimum absolute atomic E-state index is 0.180. The summed E-state index contributed by atoms with van der Waals surface area (Å²) in [7, 11) is 0. The van der Waals surface area contributed by atoms with Crippen molar-refractivity contribution in [1.29, 1.82) is 0 Å². The first-order chi connectivity index (χ1) is 10.8. The first-order valence-corrected chi connectivity index (χ1v) is 8.65. The quantitative estimate of drug-likeness (QED) is 0.794. The predicted molar refractivity (Wildman–Crippen MR) is 91.8 cm³/mol. The number of aliphatic imine (C=N–C) groups is 1. The maximum atomic E-state index is 12.1. The zero-order valence-electron chi connectivity index (χ0n) is 15.1. The normalized spacial score (nSPS) is 23.2. The van der Waals surface area contributed by atoms with E-state index < -0.39 is 5.60 Å². The van der Waals surface area contributed by atoms with Crippen LogP contribution in [0.2, 0.25) is 0 Å². The lowest BCUT2D eigenvalue weighted by atomic mass is 10.00. The highest BCUT2D eigenvalue weighted by atomic mass is 16.6. The first-order valence-electron chi connectivity index (χ1n) is 8.65. The number of rotatable bonds is 3.